The van der Waals surface area contributed by atoms with E-state index in [1.807, 2.05) is 79.4 Å². The zero-order chi connectivity index (χ0) is 47.4. The van der Waals surface area contributed by atoms with Gasteiger partial charge in [-0.25, -0.2) is 4.98 Å². The first-order valence-corrected chi connectivity index (χ1v) is 23.8. The van der Waals surface area contributed by atoms with Crippen LogP contribution in [-0.2, 0) is 0 Å². The molecule has 0 bridgehead atoms. The summed E-state index contributed by atoms with van der Waals surface area (Å²) in [5, 5.41) is 16.5. The predicted molar refractivity (Wildman–Crippen MR) is 288 cm³/mol. The molecule has 15 rings (SSSR count). The highest BCUT2D eigenvalue weighted by Gasteiger charge is 2.35. The van der Waals surface area contributed by atoms with E-state index in [2.05, 4.69) is 164 Å². The third kappa shape index (κ3) is 5.50. The van der Waals surface area contributed by atoms with E-state index in [-0.39, 0.29) is 0 Å². The summed E-state index contributed by atoms with van der Waals surface area (Å²) in [5.41, 5.74) is 16.8. The number of nitrogens with zero attached hydrogens (tertiary/aromatic N) is 10. The van der Waals surface area contributed by atoms with Gasteiger partial charge in [0.25, 0.3) is 0 Å². The van der Waals surface area contributed by atoms with Gasteiger partial charge < -0.3 is 18.3 Å². The van der Waals surface area contributed by atoms with Gasteiger partial charge in [-0.05, 0) is 84.9 Å². The van der Waals surface area contributed by atoms with E-state index < -0.39 is 0 Å². The number of fused-ring (bicyclic) bond motifs is 12. The first-order valence-electron chi connectivity index (χ1n) is 23.8. The van der Waals surface area contributed by atoms with Crippen LogP contribution in [0.1, 0.15) is 5.56 Å². The molecule has 0 fully saturated rings. The fourth-order valence-corrected chi connectivity index (χ4v) is 11.4. The lowest BCUT2D eigenvalue weighted by molar-refractivity contribution is 1.03. The average molecular weight is 921 g/mol. The van der Waals surface area contributed by atoms with E-state index in [1.165, 1.54) is 0 Å². The molecular formula is C62H36N10. The quantitative estimate of drug-likeness (QED) is 0.164. The minimum absolute atomic E-state index is 0.422. The molecule has 0 spiro atoms. The summed E-state index contributed by atoms with van der Waals surface area (Å²) in [6.45, 7) is 0. The Bertz CT molecular complexity index is 4310. The van der Waals surface area contributed by atoms with Crippen LogP contribution >= 0.6 is 0 Å². The fourth-order valence-electron chi connectivity index (χ4n) is 11.4. The zero-order valence-electron chi connectivity index (χ0n) is 38.3. The molecule has 0 N–H and O–H groups in total. The monoisotopic (exact) mass is 920 g/mol. The Morgan fingerprint density at radius 2 is 0.639 bits per heavy atom. The van der Waals surface area contributed by atoms with Crippen LogP contribution in [0.3, 0.4) is 0 Å². The summed E-state index contributed by atoms with van der Waals surface area (Å²) < 4.78 is 9.12. The summed E-state index contributed by atoms with van der Waals surface area (Å²) in [6, 6.07) is 69.4. The van der Waals surface area contributed by atoms with Crippen molar-refractivity contribution in [3.05, 3.63) is 224 Å². The van der Waals surface area contributed by atoms with E-state index in [1.54, 1.807) is 0 Å². The van der Waals surface area contributed by atoms with Crippen LogP contribution in [0.5, 0.6) is 0 Å². The molecule has 0 aliphatic heterocycles. The van der Waals surface area contributed by atoms with Crippen LogP contribution < -0.4 is 0 Å². The lowest BCUT2D eigenvalue weighted by Gasteiger charge is -2.29. The van der Waals surface area contributed by atoms with Crippen molar-refractivity contribution in [2.24, 2.45) is 0 Å². The Kier molecular flexibility index (Phi) is 8.49. The van der Waals surface area contributed by atoms with Crippen LogP contribution in [0.2, 0.25) is 0 Å². The molecule has 0 unspecified atom stereocenters. The minimum atomic E-state index is 0.422. The maximum atomic E-state index is 12.7. The van der Waals surface area contributed by atoms with Crippen LogP contribution in [0.4, 0.5) is 0 Å². The molecule has 0 saturated carbocycles. The van der Waals surface area contributed by atoms with Gasteiger partial charge in [0.15, 0.2) is 0 Å². The molecule has 0 atom stereocenters. The normalized spacial score (nSPS) is 11.9. The standard InChI is InChI=1S/C62H36N10/c63-37-43-59(69-46-25-8-4-19-39(46)55-50(69)29-13-33-64-55)61(71-48-27-10-6-21-41(48)57-52(71)31-15-35-66-57)54(45-24-12-23-44(68-45)38-17-2-1-3-18-38)62(72-49-28-11-7-22-42(49)58-53(72)32-16-36-67-58)60(43)70-47-26-9-5-20-40(47)56-51(70)30-14-34-65-56/h1-36H. The van der Waals surface area contributed by atoms with Crippen LogP contribution in [0.25, 0.3) is 133 Å². The molecule has 72 heavy (non-hydrogen) atoms. The summed E-state index contributed by atoms with van der Waals surface area (Å²) in [5.74, 6) is 0. The Hall–Kier alpha value is -10.2. The second kappa shape index (κ2) is 15.4. The average Bonchev–Trinajstić information content (AvgIpc) is 4.18. The van der Waals surface area contributed by atoms with Gasteiger partial charge in [-0.15, -0.1) is 0 Å². The second-order valence-electron chi connectivity index (χ2n) is 17.9. The van der Waals surface area contributed by atoms with Crippen molar-refractivity contribution in [3.8, 4) is 51.3 Å². The van der Waals surface area contributed by atoms with Gasteiger partial charge in [-0.3, -0.25) is 19.9 Å². The molecule has 9 aromatic heterocycles. The Labute approximate surface area is 410 Å². The predicted octanol–water partition coefficient (Wildman–Crippen LogP) is 14.3. The zero-order valence-corrected chi connectivity index (χ0v) is 38.3. The SMILES string of the molecule is N#Cc1c(-n2c3ccccc3c3ncccc32)c(-n2c3ccccc3c3ncccc32)c(-c2cccc(-c3ccccc3)n2)c(-n2c3ccccc3c3ncccc32)c1-n1c2ccccc2c2ncccc21. The molecule has 10 nitrogen and oxygen atoms in total. The Morgan fingerprint density at radius 3 is 1.03 bits per heavy atom. The minimum Gasteiger partial charge on any atom is -0.305 e. The van der Waals surface area contributed by atoms with Gasteiger partial charge in [-0.1, -0.05) is 109 Å². The molecule has 0 aliphatic rings. The summed E-state index contributed by atoms with van der Waals surface area (Å²) in [6.07, 6.45) is 7.37. The Balaban J connectivity index is 1.31. The van der Waals surface area contributed by atoms with E-state index in [0.29, 0.717) is 22.6 Å². The number of para-hydroxylation sites is 4. The molecule has 0 radical (unpaired) electrons. The Morgan fingerprint density at radius 1 is 0.306 bits per heavy atom. The number of hydrogen-bond donors (Lipinski definition) is 0. The number of aromatic nitrogens is 9. The van der Waals surface area contributed by atoms with Gasteiger partial charge in [0.1, 0.15) is 11.6 Å². The van der Waals surface area contributed by atoms with Crippen molar-refractivity contribution in [1.82, 2.24) is 43.2 Å². The highest BCUT2D eigenvalue weighted by atomic mass is 15.1. The molecule has 9 heterocycles. The third-order valence-corrected chi connectivity index (χ3v) is 14.2. The highest BCUT2D eigenvalue weighted by molar-refractivity contribution is 6.15. The molecule has 0 amide bonds. The third-order valence-electron chi connectivity index (χ3n) is 14.2. The van der Waals surface area contributed by atoms with Crippen LogP contribution in [0, 0.1) is 11.3 Å². The van der Waals surface area contributed by atoms with E-state index in [4.69, 9.17) is 24.9 Å². The lowest BCUT2D eigenvalue weighted by atomic mass is 9.95. The summed E-state index contributed by atoms with van der Waals surface area (Å²) >= 11 is 0. The molecule has 0 aliphatic carbocycles. The fraction of sp³-hybridized carbons (Fsp3) is 0. The topological polar surface area (TPSA) is 108 Å². The van der Waals surface area contributed by atoms with Crippen molar-refractivity contribution in [1.29, 1.82) is 5.26 Å². The molecule has 15 aromatic rings. The number of pyridine rings is 5. The van der Waals surface area contributed by atoms with E-state index in [0.717, 1.165) is 116 Å². The van der Waals surface area contributed by atoms with Crippen LogP contribution in [0.15, 0.2) is 219 Å². The molecule has 6 aromatic carbocycles. The molecule has 0 saturated heterocycles. The van der Waals surface area contributed by atoms with Gasteiger partial charge in [0.05, 0.1) is 106 Å². The van der Waals surface area contributed by atoms with Crippen molar-refractivity contribution >= 4 is 87.7 Å². The van der Waals surface area contributed by atoms with Gasteiger partial charge in [-0.2, -0.15) is 5.26 Å². The first kappa shape index (κ1) is 39.7. The number of benzene rings is 6. The maximum Gasteiger partial charge on any atom is 0.104 e. The van der Waals surface area contributed by atoms with Crippen LogP contribution in [-0.4, -0.2) is 43.2 Å². The molecule has 10 heteroatoms. The van der Waals surface area contributed by atoms with E-state index in [9.17, 15) is 5.26 Å². The maximum absolute atomic E-state index is 12.7. The molecular weight excluding hydrogens is 885 g/mol. The van der Waals surface area contributed by atoms with Crippen molar-refractivity contribution in [3.63, 3.8) is 0 Å². The van der Waals surface area contributed by atoms with Crippen molar-refractivity contribution in [2.75, 3.05) is 0 Å². The van der Waals surface area contributed by atoms with E-state index >= 15 is 0 Å². The second-order valence-corrected chi connectivity index (χ2v) is 17.9. The number of rotatable bonds is 6. The summed E-state index contributed by atoms with van der Waals surface area (Å²) in [4.78, 5) is 26.0. The molecule has 334 valence electrons. The van der Waals surface area contributed by atoms with Gasteiger partial charge in [0.2, 0.25) is 0 Å². The highest BCUT2D eigenvalue weighted by Crippen LogP contribution is 2.51. The number of hydrogen-bond acceptors (Lipinski definition) is 6. The largest absolute Gasteiger partial charge is 0.305 e. The van der Waals surface area contributed by atoms with Crippen molar-refractivity contribution in [2.45, 2.75) is 0 Å². The van der Waals surface area contributed by atoms with Gasteiger partial charge >= 0.3 is 0 Å². The smallest absolute Gasteiger partial charge is 0.104 e. The van der Waals surface area contributed by atoms with Crippen molar-refractivity contribution < 1.29 is 0 Å². The number of nitriles is 1. The first-order chi connectivity index (χ1) is 35.8. The van der Waals surface area contributed by atoms with Gasteiger partial charge in [0, 0.05) is 51.9 Å². The lowest BCUT2D eigenvalue weighted by Crippen LogP contribution is -2.16. The summed E-state index contributed by atoms with van der Waals surface area (Å²) in [7, 11) is 0.